The largest absolute Gasteiger partial charge is 0.297 e. The van der Waals surface area contributed by atoms with E-state index in [0.29, 0.717) is 11.5 Å². The summed E-state index contributed by atoms with van der Waals surface area (Å²) >= 11 is 0. The summed E-state index contributed by atoms with van der Waals surface area (Å²) < 4.78 is 16.5. The molecule has 132 valence electrons. The third-order valence-electron chi connectivity index (χ3n) is 4.69. The summed E-state index contributed by atoms with van der Waals surface area (Å²) in [7, 11) is 0. The number of fused-ring (bicyclic) bond motifs is 1. The third kappa shape index (κ3) is 2.98. The Labute approximate surface area is 150 Å². The topological polar surface area (TPSA) is 59.8 Å². The van der Waals surface area contributed by atoms with Gasteiger partial charge in [-0.2, -0.15) is 0 Å². The van der Waals surface area contributed by atoms with E-state index in [-0.39, 0.29) is 5.56 Å². The van der Waals surface area contributed by atoms with E-state index in [2.05, 4.69) is 15.5 Å². The lowest BCUT2D eigenvalue weighted by molar-refractivity contribution is 0.102. The number of nitrogens with one attached hydrogen (secondary N) is 1. The number of amides is 1. The molecule has 0 bridgehead atoms. The summed E-state index contributed by atoms with van der Waals surface area (Å²) in [5, 5.41) is 10.9. The predicted molar refractivity (Wildman–Crippen MR) is 97.5 cm³/mol. The standard InChI is InChI=1S/C20H19FN4O/c1-13-11-15(14-7-3-2-4-8-14)12-16(18(13)21)19(26)22-20-24-23-17-9-5-6-10-25(17)20/h2-4,7-8,11-12H,5-6,9-10H2,1H3,(H,22,24,26). The van der Waals surface area contributed by atoms with Crippen molar-refractivity contribution in [2.24, 2.45) is 0 Å². The Morgan fingerprint density at radius 2 is 1.92 bits per heavy atom. The highest BCUT2D eigenvalue weighted by molar-refractivity contribution is 6.04. The van der Waals surface area contributed by atoms with Gasteiger partial charge in [0, 0.05) is 13.0 Å². The first-order valence-electron chi connectivity index (χ1n) is 8.72. The number of nitrogens with zero attached hydrogens (tertiary/aromatic N) is 3. The lowest BCUT2D eigenvalue weighted by Crippen LogP contribution is -2.20. The number of benzene rings is 2. The molecule has 1 N–H and O–H groups in total. The van der Waals surface area contributed by atoms with Gasteiger partial charge in [-0.15, -0.1) is 10.2 Å². The summed E-state index contributed by atoms with van der Waals surface area (Å²) in [6, 6.07) is 12.9. The molecule has 5 nitrogen and oxygen atoms in total. The number of hydrogen-bond acceptors (Lipinski definition) is 3. The van der Waals surface area contributed by atoms with Gasteiger partial charge < -0.3 is 0 Å². The van der Waals surface area contributed by atoms with Crippen molar-refractivity contribution in [1.82, 2.24) is 14.8 Å². The first-order chi connectivity index (χ1) is 12.6. The van der Waals surface area contributed by atoms with Crippen LogP contribution in [0.5, 0.6) is 0 Å². The molecule has 4 rings (SSSR count). The van der Waals surface area contributed by atoms with Gasteiger partial charge in [-0.3, -0.25) is 14.7 Å². The summed E-state index contributed by atoms with van der Waals surface area (Å²) in [4.78, 5) is 12.7. The first kappa shape index (κ1) is 16.4. The van der Waals surface area contributed by atoms with Gasteiger partial charge in [0.15, 0.2) is 0 Å². The van der Waals surface area contributed by atoms with Crippen molar-refractivity contribution < 1.29 is 9.18 Å². The minimum atomic E-state index is -0.513. The molecule has 1 aromatic heterocycles. The zero-order valence-electron chi connectivity index (χ0n) is 14.5. The molecule has 0 saturated carbocycles. The smallest absolute Gasteiger partial charge is 0.261 e. The van der Waals surface area contributed by atoms with E-state index < -0.39 is 11.7 Å². The van der Waals surface area contributed by atoms with Crippen LogP contribution in [0.4, 0.5) is 10.3 Å². The fourth-order valence-electron chi connectivity index (χ4n) is 3.30. The Bertz CT molecular complexity index is 965. The van der Waals surface area contributed by atoms with E-state index in [9.17, 15) is 9.18 Å². The minimum absolute atomic E-state index is 0.0111. The second kappa shape index (κ2) is 6.71. The fourth-order valence-corrected chi connectivity index (χ4v) is 3.30. The fraction of sp³-hybridized carbons (Fsp3) is 0.250. The normalized spacial score (nSPS) is 13.3. The van der Waals surface area contributed by atoms with Crippen LogP contribution in [0.1, 0.15) is 34.6 Å². The third-order valence-corrected chi connectivity index (χ3v) is 4.69. The van der Waals surface area contributed by atoms with Crippen molar-refractivity contribution in [2.45, 2.75) is 32.7 Å². The number of carbonyl (C=O) groups excluding carboxylic acids is 1. The van der Waals surface area contributed by atoms with E-state index in [1.807, 2.05) is 34.9 Å². The Balaban J connectivity index is 1.67. The van der Waals surface area contributed by atoms with Gasteiger partial charge in [0.25, 0.3) is 5.91 Å². The number of rotatable bonds is 3. The van der Waals surface area contributed by atoms with Gasteiger partial charge >= 0.3 is 0 Å². The number of aryl methyl sites for hydroxylation is 2. The highest BCUT2D eigenvalue weighted by Gasteiger charge is 2.21. The number of anilines is 1. The predicted octanol–water partition coefficient (Wildman–Crippen LogP) is 3.98. The van der Waals surface area contributed by atoms with Crippen LogP contribution in [0.25, 0.3) is 11.1 Å². The summed E-state index contributed by atoms with van der Waals surface area (Å²) in [5.74, 6) is 0.220. The molecule has 0 aliphatic carbocycles. The summed E-state index contributed by atoms with van der Waals surface area (Å²) in [5.41, 5.74) is 2.18. The highest BCUT2D eigenvalue weighted by Crippen LogP contribution is 2.26. The Kier molecular flexibility index (Phi) is 4.24. The molecule has 2 aromatic carbocycles. The maximum absolute atomic E-state index is 14.6. The van der Waals surface area contributed by atoms with E-state index >= 15 is 0 Å². The van der Waals surface area contributed by atoms with Crippen LogP contribution in [0.15, 0.2) is 42.5 Å². The molecular formula is C20H19FN4O. The molecule has 1 amide bonds. The molecule has 0 radical (unpaired) electrons. The van der Waals surface area contributed by atoms with Crippen molar-refractivity contribution in [3.05, 3.63) is 65.2 Å². The molecule has 0 spiro atoms. The summed E-state index contributed by atoms with van der Waals surface area (Å²) in [6.45, 7) is 2.43. The van der Waals surface area contributed by atoms with Crippen molar-refractivity contribution in [3.63, 3.8) is 0 Å². The van der Waals surface area contributed by atoms with Crippen LogP contribution in [-0.4, -0.2) is 20.7 Å². The molecule has 0 fully saturated rings. The van der Waals surface area contributed by atoms with Crippen LogP contribution < -0.4 is 5.32 Å². The van der Waals surface area contributed by atoms with E-state index in [0.717, 1.165) is 42.8 Å². The molecule has 0 atom stereocenters. The first-order valence-corrected chi connectivity index (χ1v) is 8.72. The molecule has 0 saturated heterocycles. The van der Waals surface area contributed by atoms with Gasteiger partial charge in [-0.05, 0) is 48.6 Å². The van der Waals surface area contributed by atoms with E-state index in [1.54, 1.807) is 19.1 Å². The van der Waals surface area contributed by atoms with Crippen LogP contribution in [-0.2, 0) is 13.0 Å². The lowest BCUT2D eigenvalue weighted by atomic mass is 9.99. The molecular weight excluding hydrogens is 331 g/mol. The van der Waals surface area contributed by atoms with Gasteiger partial charge in [-0.25, -0.2) is 4.39 Å². The van der Waals surface area contributed by atoms with Crippen molar-refractivity contribution in [3.8, 4) is 11.1 Å². The number of hydrogen-bond donors (Lipinski definition) is 1. The Morgan fingerprint density at radius 1 is 1.12 bits per heavy atom. The monoisotopic (exact) mass is 350 g/mol. The molecule has 0 unspecified atom stereocenters. The molecule has 1 aliphatic rings. The van der Waals surface area contributed by atoms with Gasteiger partial charge in [0.1, 0.15) is 11.6 Å². The van der Waals surface area contributed by atoms with E-state index in [1.165, 1.54) is 0 Å². The van der Waals surface area contributed by atoms with Gasteiger partial charge in [0.05, 0.1) is 5.56 Å². The van der Waals surface area contributed by atoms with Crippen molar-refractivity contribution in [1.29, 1.82) is 0 Å². The number of carbonyl (C=O) groups is 1. The van der Waals surface area contributed by atoms with Crippen molar-refractivity contribution in [2.75, 3.05) is 5.32 Å². The highest BCUT2D eigenvalue weighted by atomic mass is 19.1. The average molecular weight is 350 g/mol. The maximum Gasteiger partial charge on any atom is 0.261 e. The SMILES string of the molecule is Cc1cc(-c2ccccc2)cc(C(=O)Nc2nnc3n2CCCC3)c1F. The average Bonchev–Trinajstić information content (AvgIpc) is 3.07. The number of halogens is 1. The number of aromatic nitrogens is 3. The Morgan fingerprint density at radius 3 is 2.73 bits per heavy atom. The molecule has 3 aromatic rings. The second-order valence-electron chi connectivity index (χ2n) is 6.52. The molecule has 26 heavy (non-hydrogen) atoms. The van der Waals surface area contributed by atoms with Crippen LogP contribution in [0, 0.1) is 12.7 Å². The van der Waals surface area contributed by atoms with Crippen LogP contribution in [0.3, 0.4) is 0 Å². The zero-order chi connectivity index (χ0) is 18.1. The second-order valence-corrected chi connectivity index (χ2v) is 6.52. The van der Waals surface area contributed by atoms with Gasteiger partial charge in [0.2, 0.25) is 5.95 Å². The zero-order valence-corrected chi connectivity index (χ0v) is 14.5. The molecule has 6 heteroatoms. The van der Waals surface area contributed by atoms with E-state index in [4.69, 9.17) is 0 Å². The van der Waals surface area contributed by atoms with Crippen LogP contribution >= 0.6 is 0 Å². The summed E-state index contributed by atoms with van der Waals surface area (Å²) in [6.07, 6.45) is 2.93. The Hall–Kier alpha value is -3.02. The van der Waals surface area contributed by atoms with Gasteiger partial charge in [-0.1, -0.05) is 30.3 Å². The van der Waals surface area contributed by atoms with Crippen molar-refractivity contribution >= 4 is 11.9 Å². The van der Waals surface area contributed by atoms with Crippen LogP contribution in [0.2, 0.25) is 0 Å². The molecule has 2 heterocycles. The minimum Gasteiger partial charge on any atom is -0.297 e. The maximum atomic E-state index is 14.6. The quantitative estimate of drug-likeness (QED) is 0.777. The molecule has 1 aliphatic heterocycles. The lowest BCUT2D eigenvalue weighted by Gasteiger charge is -2.15.